The first kappa shape index (κ1) is 19.1. The van der Waals surface area contributed by atoms with Crippen LogP contribution in [0.5, 0.6) is 0 Å². The number of nitrogens with zero attached hydrogens (tertiary/aromatic N) is 4. The smallest absolute Gasteiger partial charge is 0.263 e. The van der Waals surface area contributed by atoms with Crippen LogP contribution in [0.3, 0.4) is 0 Å². The van der Waals surface area contributed by atoms with Gasteiger partial charge < -0.3 is 5.32 Å². The standard InChI is InChI=1S/C20H18ClN5O3/c1-11-6-7-15(12(2)8-11)22-16(27)10-25-18-17(23-24-25)19(28)26(20(18)29)14-5-3-4-13(21)9-14/h3-9,17-18H,10H2,1-2H3,(H,22,27)/t17-,18-/m1/s1. The molecule has 2 heterocycles. The van der Waals surface area contributed by atoms with Crippen molar-refractivity contribution in [2.75, 3.05) is 16.8 Å². The van der Waals surface area contributed by atoms with E-state index >= 15 is 0 Å². The Bertz CT molecular complexity index is 1050. The van der Waals surface area contributed by atoms with E-state index in [0.29, 0.717) is 16.4 Å². The van der Waals surface area contributed by atoms with E-state index in [1.165, 1.54) is 11.1 Å². The van der Waals surface area contributed by atoms with Gasteiger partial charge in [0.1, 0.15) is 6.54 Å². The lowest BCUT2D eigenvalue weighted by Crippen LogP contribution is -2.43. The van der Waals surface area contributed by atoms with Gasteiger partial charge in [-0.2, -0.15) is 5.11 Å². The number of imide groups is 1. The molecule has 2 aromatic rings. The van der Waals surface area contributed by atoms with Crippen molar-refractivity contribution in [3.8, 4) is 0 Å². The second-order valence-electron chi connectivity index (χ2n) is 7.05. The van der Waals surface area contributed by atoms with Crippen molar-refractivity contribution in [1.82, 2.24) is 5.01 Å². The molecule has 9 heteroatoms. The number of carbonyl (C=O) groups excluding carboxylic acids is 3. The Balaban J connectivity index is 1.49. The number of amides is 3. The maximum absolute atomic E-state index is 12.9. The molecule has 0 radical (unpaired) electrons. The van der Waals surface area contributed by atoms with E-state index in [-0.39, 0.29) is 12.5 Å². The van der Waals surface area contributed by atoms with Gasteiger partial charge in [-0.1, -0.05) is 40.6 Å². The topological polar surface area (TPSA) is 94.4 Å². The summed E-state index contributed by atoms with van der Waals surface area (Å²) < 4.78 is 0. The second kappa shape index (κ2) is 7.29. The van der Waals surface area contributed by atoms with Crippen LogP contribution in [0.2, 0.25) is 5.02 Å². The summed E-state index contributed by atoms with van der Waals surface area (Å²) in [7, 11) is 0. The van der Waals surface area contributed by atoms with Crippen LogP contribution < -0.4 is 10.2 Å². The van der Waals surface area contributed by atoms with Crippen molar-refractivity contribution in [3.05, 3.63) is 58.6 Å². The average molecular weight is 412 g/mol. The van der Waals surface area contributed by atoms with E-state index in [0.717, 1.165) is 16.0 Å². The molecule has 1 fully saturated rings. The van der Waals surface area contributed by atoms with Gasteiger partial charge in [0.2, 0.25) is 5.91 Å². The van der Waals surface area contributed by atoms with Gasteiger partial charge in [-0.3, -0.25) is 19.4 Å². The monoisotopic (exact) mass is 411 g/mol. The minimum absolute atomic E-state index is 0.194. The third kappa shape index (κ3) is 3.47. The number of carbonyl (C=O) groups is 3. The molecule has 2 aliphatic heterocycles. The normalized spacial score (nSPS) is 20.4. The average Bonchev–Trinajstić information content (AvgIpc) is 3.17. The van der Waals surface area contributed by atoms with Crippen LogP contribution in [-0.4, -0.2) is 41.4 Å². The molecule has 4 rings (SSSR count). The van der Waals surface area contributed by atoms with Crippen LogP contribution in [0, 0.1) is 13.8 Å². The fourth-order valence-electron chi connectivity index (χ4n) is 3.51. The maximum Gasteiger partial charge on any atom is 0.263 e. The van der Waals surface area contributed by atoms with E-state index in [9.17, 15) is 14.4 Å². The SMILES string of the molecule is Cc1ccc(NC(=O)CN2N=N[C@H]3C(=O)N(c4cccc(Cl)c4)C(=O)[C@@H]32)c(C)c1. The number of nitrogens with one attached hydrogen (secondary N) is 1. The number of aryl methyl sites for hydroxylation is 2. The third-order valence-corrected chi connectivity index (χ3v) is 5.12. The first-order valence-electron chi connectivity index (χ1n) is 9.03. The van der Waals surface area contributed by atoms with Gasteiger partial charge in [0.25, 0.3) is 11.8 Å². The molecule has 2 atom stereocenters. The molecular formula is C20H18ClN5O3. The second-order valence-corrected chi connectivity index (χ2v) is 7.49. The number of anilines is 2. The van der Waals surface area contributed by atoms with Crippen molar-refractivity contribution in [2.45, 2.75) is 25.9 Å². The summed E-state index contributed by atoms with van der Waals surface area (Å²) in [5, 5.41) is 12.3. The minimum Gasteiger partial charge on any atom is -0.324 e. The molecule has 1 N–H and O–H groups in total. The Labute approximate surface area is 172 Å². The lowest BCUT2D eigenvalue weighted by molar-refractivity contribution is -0.123. The highest BCUT2D eigenvalue weighted by Gasteiger charge is 2.55. The molecular weight excluding hydrogens is 394 g/mol. The van der Waals surface area contributed by atoms with Crippen LogP contribution in [0.25, 0.3) is 0 Å². The molecule has 148 valence electrons. The predicted molar refractivity (Wildman–Crippen MR) is 108 cm³/mol. The Morgan fingerprint density at radius 2 is 1.93 bits per heavy atom. The van der Waals surface area contributed by atoms with Gasteiger partial charge in [-0.05, 0) is 43.7 Å². The highest BCUT2D eigenvalue weighted by atomic mass is 35.5. The summed E-state index contributed by atoms with van der Waals surface area (Å²) in [6, 6.07) is 10.2. The van der Waals surface area contributed by atoms with Gasteiger partial charge in [0.05, 0.1) is 5.69 Å². The zero-order chi connectivity index (χ0) is 20.7. The summed E-state index contributed by atoms with van der Waals surface area (Å²) >= 11 is 5.98. The minimum atomic E-state index is -0.963. The zero-order valence-electron chi connectivity index (χ0n) is 15.8. The first-order chi connectivity index (χ1) is 13.8. The van der Waals surface area contributed by atoms with Crippen molar-refractivity contribution in [2.24, 2.45) is 10.3 Å². The van der Waals surface area contributed by atoms with Gasteiger partial charge in [-0.25, -0.2) is 4.90 Å². The Kier molecular flexibility index (Phi) is 4.79. The lowest BCUT2D eigenvalue weighted by Gasteiger charge is -2.20. The number of fused-ring (bicyclic) bond motifs is 1. The van der Waals surface area contributed by atoms with Crippen LogP contribution in [0.1, 0.15) is 11.1 Å². The van der Waals surface area contributed by atoms with Gasteiger partial charge >= 0.3 is 0 Å². The fourth-order valence-corrected chi connectivity index (χ4v) is 3.70. The van der Waals surface area contributed by atoms with E-state index < -0.39 is 23.9 Å². The fraction of sp³-hybridized carbons (Fsp3) is 0.250. The summed E-state index contributed by atoms with van der Waals surface area (Å²) in [6.45, 7) is 3.67. The Morgan fingerprint density at radius 3 is 2.66 bits per heavy atom. The Hall–Kier alpha value is -3.26. The van der Waals surface area contributed by atoms with Gasteiger partial charge in [-0.15, -0.1) is 0 Å². The van der Waals surface area contributed by atoms with E-state index in [1.807, 2.05) is 32.0 Å². The van der Waals surface area contributed by atoms with Gasteiger partial charge in [0.15, 0.2) is 12.1 Å². The molecule has 0 unspecified atom stereocenters. The Morgan fingerprint density at radius 1 is 1.14 bits per heavy atom. The summed E-state index contributed by atoms with van der Waals surface area (Å²) in [5.41, 5.74) is 3.07. The molecule has 0 aromatic heterocycles. The van der Waals surface area contributed by atoms with Crippen LogP contribution in [0.4, 0.5) is 11.4 Å². The number of rotatable bonds is 4. The predicted octanol–water partition coefficient (Wildman–Crippen LogP) is 2.89. The summed E-state index contributed by atoms with van der Waals surface area (Å²) in [6.07, 6.45) is 0. The number of halogens is 1. The molecule has 0 aliphatic carbocycles. The highest BCUT2D eigenvalue weighted by molar-refractivity contribution is 6.31. The molecule has 2 aromatic carbocycles. The van der Waals surface area contributed by atoms with Crippen molar-refractivity contribution >= 4 is 40.7 Å². The highest BCUT2D eigenvalue weighted by Crippen LogP contribution is 2.32. The van der Waals surface area contributed by atoms with Crippen molar-refractivity contribution in [3.63, 3.8) is 0 Å². The van der Waals surface area contributed by atoms with Crippen LogP contribution in [0.15, 0.2) is 52.8 Å². The maximum atomic E-state index is 12.9. The quantitative estimate of drug-likeness (QED) is 0.782. The van der Waals surface area contributed by atoms with Crippen molar-refractivity contribution < 1.29 is 14.4 Å². The third-order valence-electron chi connectivity index (χ3n) is 4.89. The summed E-state index contributed by atoms with van der Waals surface area (Å²) in [5.74, 6) is -1.31. The number of benzene rings is 2. The van der Waals surface area contributed by atoms with E-state index in [1.54, 1.807) is 18.2 Å². The lowest BCUT2D eigenvalue weighted by atomic mass is 10.1. The molecule has 0 bridgehead atoms. The largest absolute Gasteiger partial charge is 0.324 e. The molecule has 8 nitrogen and oxygen atoms in total. The van der Waals surface area contributed by atoms with E-state index in [4.69, 9.17) is 11.6 Å². The van der Waals surface area contributed by atoms with Gasteiger partial charge in [0, 0.05) is 10.7 Å². The molecule has 3 amide bonds. The van der Waals surface area contributed by atoms with Crippen LogP contribution in [-0.2, 0) is 14.4 Å². The first-order valence-corrected chi connectivity index (χ1v) is 9.41. The zero-order valence-corrected chi connectivity index (χ0v) is 16.6. The van der Waals surface area contributed by atoms with Crippen LogP contribution >= 0.6 is 11.6 Å². The number of hydrogen-bond donors (Lipinski definition) is 1. The molecule has 29 heavy (non-hydrogen) atoms. The molecule has 1 saturated heterocycles. The van der Waals surface area contributed by atoms with Crippen molar-refractivity contribution in [1.29, 1.82) is 0 Å². The number of hydrogen-bond acceptors (Lipinski definition) is 6. The molecule has 0 spiro atoms. The summed E-state index contributed by atoms with van der Waals surface area (Å²) in [4.78, 5) is 39.2. The molecule has 2 aliphatic rings. The van der Waals surface area contributed by atoms with E-state index in [2.05, 4.69) is 15.7 Å². The molecule has 0 saturated carbocycles.